The number of pyridine rings is 1. The number of rotatable bonds is 0. The minimum absolute atomic E-state index is 0.374. The van der Waals surface area contributed by atoms with Gasteiger partial charge < -0.3 is 0 Å². The van der Waals surface area contributed by atoms with Crippen LogP contribution in [0.3, 0.4) is 0 Å². The summed E-state index contributed by atoms with van der Waals surface area (Å²) >= 11 is 0. The summed E-state index contributed by atoms with van der Waals surface area (Å²) in [6.45, 7) is 0. The molecule has 2 aromatic heterocycles. The SMILES string of the molecule is N#Cc1cc2c3ccc4ccccc4c3c3nc4ccccc4n3c2cc1C#N. The summed E-state index contributed by atoms with van der Waals surface area (Å²) in [5.41, 5.74) is 4.39. The summed E-state index contributed by atoms with van der Waals surface area (Å²) in [7, 11) is 0. The third-order valence-corrected chi connectivity index (χ3v) is 5.62. The first-order valence-corrected chi connectivity index (χ1v) is 9.29. The summed E-state index contributed by atoms with van der Waals surface area (Å²) in [5, 5.41) is 24.4. The molecule has 0 spiro atoms. The molecule has 0 aliphatic heterocycles. The van der Waals surface area contributed by atoms with Crippen LogP contribution in [-0.4, -0.2) is 9.38 Å². The van der Waals surface area contributed by atoms with Crippen molar-refractivity contribution in [1.82, 2.24) is 9.38 Å². The molecule has 0 unspecified atom stereocenters. The van der Waals surface area contributed by atoms with Crippen LogP contribution in [0.4, 0.5) is 0 Å². The summed E-state index contributed by atoms with van der Waals surface area (Å²) in [6, 6.07) is 28.4. The van der Waals surface area contributed by atoms with Crippen LogP contribution < -0.4 is 0 Å². The third-order valence-electron chi connectivity index (χ3n) is 5.62. The van der Waals surface area contributed by atoms with Crippen molar-refractivity contribution in [3.63, 3.8) is 0 Å². The van der Waals surface area contributed by atoms with Gasteiger partial charge in [0.15, 0.2) is 0 Å². The molecule has 0 saturated carbocycles. The fraction of sp³-hybridized carbons (Fsp3) is 0. The largest absolute Gasteiger partial charge is 0.292 e. The van der Waals surface area contributed by atoms with Crippen LogP contribution in [0.25, 0.3) is 49.1 Å². The van der Waals surface area contributed by atoms with Crippen molar-refractivity contribution < 1.29 is 0 Å². The maximum atomic E-state index is 9.58. The zero-order valence-corrected chi connectivity index (χ0v) is 15.2. The van der Waals surface area contributed by atoms with Crippen LogP contribution in [-0.2, 0) is 0 Å². The van der Waals surface area contributed by atoms with E-state index in [2.05, 4.69) is 40.8 Å². The molecule has 0 aliphatic carbocycles. The van der Waals surface area contributed by atoms with E-state index in [1.165, 1.54) is 0 Å². The molecule has 0 N–H and O–H groups in total. The highest BCUT2D eigenvalue weighted by atomic mass is 15.0. The average molecular weight is 368 g/mol. The summed E-state index contributed by atoms with van der Waals surface area (Å²) in [4.78, 5) is 4.96. The lowest BCUT2D eigenvalue weighted by Crippen LogP contribution is -1.95. The van der Waals surface area contributed by atoms with Crippen molar-refractivity contribution >= 4 is 49.1 Å². The monoisotopic (exact) mass is 368 g/mol. The predicted octanol–water partition coefficient (Wildman–Crippen LogP) is 5.69. The van der Waals surface area contributed by atoms with Crippen molar-refractivity contribution in [2.24, 2.45) is 0 Å². The van der Waals surface area contributed by atoms with Crippen LogP contribution in [0.15, 0.2) is 72.8 Å². The fourth-order valence-corrected chi connectivity index (χ4v) is 4.35. The van der Waals surface area contributed by atoms with Crippen LogP contribution in [0.5, 0.6) is 0 Å². The molecule has 4 nitrogen and oxygen atoms in total. The number of fused-ring (bicyclic) bond motifs is 10. The molecule has 29 heavy (non-hydrogen) atoms. The van der Waals surface area contributed by atoms with Crippen LogP contribution >= 0.6 is 0 Å². The lowest BCUT2D eigenvalue weighted by molar-refractivity contribution is 1.31. The molecule has 0 radical (unpaired) electrons. The lowest BCUT2D eigenvalue weighted by atomic mass is 9.97. The molecule has 0 bridgehead atoms. The Morgan fingerprint density at radius 2 is 1.45 bits per heavy atom. The number of aromatic nitrogens is 2. The molecule has 0 atom stereocenters. The van der Waals surface area contributed by atoms with E-state index in [0.29, 0.717) is 11.1 Å². The van der Waals surface area contributed by atoms with Crippen molar-refractivity contribution in [3.05, 3.63) is 83.9 Å². The number of benzene rings is 4. The van der Waals surface area contributed by atoms with Gasteiger partial charge in [-0.05, 0) is 40.4 Å². The van der Waals surface area contributed by atoms with E-state index in [1.54, 1.807) is 0 Å². The van der Waals surface area contributed by atoms with Crippen molar-refractivity contribution in [2.45, 2.75) is 0 Å². The maximum Gasteiger partial charge on any atom is 0.147 e. The van der Waals surface area contributed by atoms with Gasteiger partial charge in [-0.15, -0.1) is 0 Å². The quantitative estimate of drug-likeness (QED) is 0.324. The molecule has 4 aromatic carbocycles. The van der Waals surface area contributed by atoms with Gasteiger partial charge in [-0.25, -0.2) is 4.98 Å². The van der Waals surface area contributed by atoms with E-state index < -0.39 is 0 Å². The zero-order valence-electron chi connectivity index (χ0n) is 15.2. The minimum Gasteiger partial charge on any atom is -0.292 e. The maximum absolute atomic E-state index is 9.58. The Bertz CT molecular complexity index is 1730. The number of hydrogen-bond acceptors (Lipinski definition) is 3. The summed E-state index contributed by atoms with van der Waals surface area (Å²) < 4.78 is 2.11. The van der Waals surface area contributed by atoms with Crippen molar-refractivity contribution in [1.29, 1.82) is 10.5 Å². The molecule has 2 heterocycles. The highest BCUT2D eigenvalue weighted by Gasteiger charge is 2.17. The van der Waals surface area contributed by atoms with E-state index in [-0.39, 0.29) is 0 Å². The smallest absolute Gasteiger partial charge is 0.147 e. The van der Waals surface area contributed by atoms with Gasteiger partial charge in [0.1, 0.15) is 17.8 Å². The van der Waals surface area contributed by atoms with Gasteiger partial charge in [-0.1, -0.05) is 48.5 Å². The topological polar surface area (TPSA) is 64.9 Å². The van der Waals surface area contributed by atoms with Crippen LogP contribution in [0, 0.1) is 22.7 Å². The number of imidazole rings is 1. The molecular weight excluding hydrogens is 356 g/mol. The van der Waals surface area contributed by atoms with Gasteiger partial charge in [0, 0.05) is 10.8 Å². The van der Waals surface area contributed by atoms with E-state index in [4.69, 9.17) is 4.98 Å². The van der Waals surface area contributed by atoms with E-state index in [9.17, 15) is 10.5 Å². The third kappa shape index (κ3) is 1.98. The Morgan fingerprint density at radius 1 is 0.690 bits per heavy atom. The molecule has 0 fully saturated rings. The Morgan fingerprint density at radius 3 is 2.31 bits per heavy atom. The Labute approximate surface area is 165 Å². The molecular formula is C25H12N4. The van der Waals surface area contributed by atoms with Gasteiger partial charge in [0.2, 0.25) is 0 Å². The highest BCUT2D eigenvalue weighted by Crippen LogP contribution is 2.37. The molecule has 132 valence electrons. The second-order valence-corrected chi connectivity index (χ2v) is 7.11. The first-order chi connectivity index (χ1) is 14.3. The summed E-state index contributed by atoms with van der Waals surface area (Å²) in [6.07, 6.45) is 0. The van der Waals surface area contributed by atoms with Gasteiger partial charge in [0.25, 0.3) is 0 Å². The Kier molecular flexibility index (Phi) is 2.99. The van der Waals surface area contributed by atoms with E-state index >= 15 is 0 Å². The molecule has 0 saturated heterocycles. The molecule has 6 aromatic rings. The van der Waals surface area contributed by atoms with Gasteiger partial charge in [-0.2, -0.15) is 10.5 Å². The second kappa shape index (κ2) is 5.55. The zero-order chi connectivity index (χ0) is 19.5. The van der Waals surface area contributed by atoms with Crippen LogP contribution in [0.2, 0.25) is 0 Å². The first kappa shape index (κ1) is 15.6. The molecule has 6 rings (SSSR count). The number of para-hydroxylation sites is 2. The van der Waals surface area contributed by atoms with Crippen LogP contribution in [0.1, 0.15) is 11.1 Å². The second-order valence-electron chi connectivity index (χ2n) is 7.11. The number of nitriles is 2. The number of hydrogen-bond donors (Lipinski definition) is 0. The van der Waals surface area contributed by atoms with Crippen molar-refractivity contribution in [3.8, 4) is 12.1 Å². The number of nitrogens with zero attached hydrogens (tertiary/aromatic N) is 4. The Balaban J connectivity index is 2.04. The molecule has 0 amide bonds. The highest BCUT2D eigenvalue weighted by molar-refractivity contribution is 6.23. The lowest BCUT2D eigenvalue weighted by Gasteiger charge is -2.12. The van der Waals surface area contributed by atoms with Gasteiger partial charge >= 0.3 is 0 Å². The predicted molar refractivity (Wildman–Crippen MR) is 115 cm³/mol. The average Bonchev–Trinajstić information content (AvgIpc) is 3.17. The first-order valence-electron chi connectivity index (χ1n) is 9.29. The van der Waals surface area contributed by atoms with E-state index in [0.717, 1.165) is 49.1 Å². The van der Waals surface area contributed by atoms with Crippen molar-refractivity contribution in [2.75, 3.05) is 0 Å². The fourth-order valence-electron chi connectivity index (χ4n) is 4.35. The van der Waals surface area contributed by atoms with E-state index in [1.807, 2.05) is 48.5 Å². The molecule has 0 aliphatic rings. The normalized spacial score (nSPS) is 11.4. The minimum atomic E-state index is 0.374. The molecule has 4 heteroatoms. The Hall–Kier alpha value is -4.41. The van der Waals surface area contributed by atoms with Gasteiger partial charge in [0.05, 0.1) is 27.7 Å². The standard InChI is InChI=1S/C25H12N4/c26-13-16-11-20-19-10-9-15-5-1-2-6-18(15)24(19)25-28-21-7-3-4-8-22(21)29(25)23(20)12-17(16)14-27/h1-12H. The summed E-state index contributed by atoms with van der Waals surface area (Å²) in [5.74, 6) is 0. The van der Waals surface area contributed by atoms with Gasteiger partial charge in [-0.3, -0.25) is 4.40 Å².